The summed E-state index contributed by atoms with van der Waals surface area (Å²) in [7, 11) is -4.77. The molecule has 0 aromatic rings. The highest BCUT2D eigenvalue weighted by Crippen LogP contribution is 2.36. The monoisotopic (exact) mass is 722 g/mol. The molecule has 1 atom stereocenters. The highest BCUT2D eigenvalue weighted by molar-refractivity contribution is 7.46. The zero-order valence-corrected chi connectivity index (χ0v) is 32.4. The van der Waals surface area contributed by atoms with E-state index < -0.39 is 32.5 Å². The maximum absolute atomic E-state index is 12.4. The van der Waals surface area contributed by atoms with Gasteiger partial charge in [-0.15, -0.1) is 0 Å². The Hall–Kier alpha value is -2.25. The minimum absolute atomic E-state index is 0.157. The Morgan fingerprint density at radius 2 is 0.960 bits per heavy atom. The van der Waals surface area contributed by atoms with Gasteiger partial charge in [0.25, 0.3) is 0 Å². The summed E-state index contributed by atoms with van der Waals surface area (Å²) >= 11 is 0. The van der Waals surface area contributed by atoms with E-state index in [-0.39, 0.29) is 19.4 Å². The van der Waals surface area contributed by atoms with E-state index in [9.17, 15) is 14.2 Å². The molecule has 0 heterocycles. The van der Waals surface area contributed by atoms with E-state index in [2.05, 4.69) is 79.1 Å². The van der Waals surface area contributed by atoms with Crippen molar-refractivity contribution < 1.29 is 37.9 Å². The Kier molecular flexibility index (Phi) is 34.9. The van der Waals surface area contributed by atoms with Crippen molar-refractivity contribution in [1.82, 2.24) is 0 Å². The molecule has 0 aromatic carbocycles. The summed E-state index contributed by atoms with van der Waals surface area (Å²) in [4.78, 5) is 42.7. The molecule has 0 spiro atoms. The van der Waals surface area contributed by atoms with Crippen LogP contribution in [0.2, 0.25) is 0 Å². The van der Waals surface area contributed by atoms with Gasteiger partial charge < -0.3 is 19.3 Å². The number of esters is 2. The first-order chi connectivity index (χ1) is 24.3. The Morgan fingerprint density at radius 3 is 1.50 bits per heavy atom. The van der Waals surface area contributed by atoms with Crippen LogP contribution in [0.1, 0.15) is 168 Å². The number of rotatable bonds is 35. The molecule has 0 saturated carbocycles. The van der Waals surface area contributed by atoms with Crippen molar-refractivity contribution in [2.24, 2.45) is 0 Å². The lowest BCUT2D eigenvalue weighted by atomic mass is 10.1. The Bertz CT molecular complexity index is 995. The standard InChI is InChI=1S/C41H71O8P/c1-3-5-7-9-11-13-15-17-19-20-22-23-25-27-29-31-33-35-40(42)47-37-39(38-48-50(44,45)46)49-41(43)36-34-32-30-28-26-24-21-18-16-14-12-10-8-6-4-2/h6,8,12,14,17-19,21,26,28,39H,3-5,7,9-11,13,15-16,20,22-25,27,29-38H2,1-2H3,(H2,44,45,46)/b8-6+,14-12+,19-17+,21-18+,28-26+/t39-/m1/s1. The predicted octanol–water partition coefficient (Wildman–Crippen LogP) is 11.7. The molecule has 0 aromatic heterocycles. The molecule has 0 aliphatic carbocycles. The molecular formula is C41H71O8P. The second kappa shape index (κ2) is 36.5. The number of carbonyl (C=O) groups is 2. The zero-order valence-electron chi connectivity index (χ0n) is 31.5. The van der Waals surface area contributed by atoms with Crippen LogP contribution >= 0.6 is 7.82 Å². The van der Waals surface area contributed by atoms with Crippen LogP contribution in [0.5, 0.6) is 0 Å². The summed E-state index contributed by atoms with van der Waals surface area (Å²) in [5.74, 6) is -0.942. The van der Waals surface area contributed by atoms with Gasteiger partial charge in [-0.05, 0) is 77.0 Å². The van der Waals surface area contributed by atoms with Gasteiger partial charge in [-0.2, -0.15) is 0 Å². The Balaban J connectivity index is 4.02. The van der Waals surface area contributed by atoms with Crippen molar-refractivity contribution in [2.75, 3.05) is 13.2 Å². The van der Waals surface area contributed by atoms with Crippen LogP contribution in [0.15, 0.2) is 60.8 Å². The molecule has 0 radical (unpaired) electrons. The van der Waals surface area contributed by atoms with Gasteiger partial charge in [-0.25, -0.2) is 4.57 Å². The largest absolute Gasteiger partial charge is 0.469 e. The lowest BCUT2D eigenvalue weighted by molar-refractivity contribution is -0.161. The minimum Gasteiger partial charge on any atom is -0.462 e. The van der Waals surface area contributed by atoms with Gasteiger partial charge in [-0.1, -0.05) is 139 Å². The molecule has 2 N–H and O–H groups in total. The highest BCUT2D eigenvalue weighted by Gasteiger charge is 2.22. The van der Waals surface area contributed by atoms with Gasteiger partial charge in [0.05, 0.1) is 6.61 Å². The van der Waals surface area contributed by atoms with E-state index in [1.807, 2.05) is 0 Å². The van der Waals surface area contributed by atoms with Crippen LogP contribution in [0.4, 0.5) is 0 Å². The van der Waals surface area contributed by atoms with E-state index >= 15 is 0 Å². The third-order valence-electron chi connectivity index (χ3n) is 8.02. The Labute approximate surface area is 305 Å². The molecule has 0 rings (SSSR count). The summed E-state index contributed by atoms with van der Waals surface area (Å²) in [6.07, 6.45) is 45.1. The van der Waals surface area contributed by atoms with Crippen LogP contribution in [-0.2, 0) is 28.2 Å². The fourth-order valence-electron chi connectivity index (χ4n) is 5.12. The van der Waals surface area contributed by atoms with Gasteiger partial charge in [0.2, 0.25) is 0 Å². The molecule has 0 bridgehead atoms. The van der Waals surface area contributed by atoms with Crippen molar-refractivity contribution in [2.45, 2.75) is 174 Å². The molecule has 0 fully saturated rings. The number of phosphoric acid groups is 1. The van der Waals surface area contributed by atoms with Crippen LogP contribution in [0, 0.1) is 0 Å². The molecule has 0 aliphatic rings. The van der Waals surface area contributed by atoms with Crippen molar-refractivity contribution in [1.29, 1.82) is 0 Å². The van der Waals surface area contributed by atoms with Gasteiger partial charge in [0.1, 0.15) is 6.61 Å². The van der Waals surface area contributed by atoms with Crippen LogP contribution in [0.25, 0.3) is 0 Å². The number of phosphoric ester groups is 1. The summed E-state index contributed by atoms with van der Waals surface area (Å²) < 4.78 is 26.3. The van der Waals surface area contributed by atoms with E-state index in [1.54, 1.807) is 0 Å². The maximum Gasteiger partial charge on any atom is 0.469 e. The van der Waals surface area contributed by atoms with E-state index in [4.69, 9.17) is 19.3 Å². The molecule has 0 unspecified atom stereocenters. The highest BCUT2D eigenvalue weighted by atomic mass is 31.2. The molecular weight excluding hydrogens is 651 g/mol. The van der Waals surface area contributed by atoms with E-state index in [1.165, 1.54) is 64.2 Å². The second-order valence-corrected chi connectivity index (χ2v) is 14.1. The number of unbranched alkanes of at least 4 members (excludes halogenated alkanes) is 15. The molecule has 50 heavy (non-hydrogen) atoms. The number of hydrogen-bond acceptors (Lipinski definition) is 6. The maximum atomic E-state index is 12.4. The van der Waals surface area contributed by atoms with E-state index in [0.29, 0.717) is 12.8 Å². The molecule has 8 nitrogen and oxygen atoms in total. The smallest absolute Gasteiger partial charge is 0.462 e. The quantitative estimate of drug-likeness (QED) is 0.0287. The van der Waals surface area contributed by atoms with Gasteiger partial charge in [0.15, 0.2) is 6.10 Å². The first kappa shape index (κ1) is 47.8. The Morgan fingerprint density at radius 1 is 0.540 bits per heavy atom. The lowest BCUT2D eigenvalue weighted by Crippen LogP contribution is -2.29. The fourth-order valence-corrected chi connectivity index (χ4v) is 5.48. The summed E-state index contributed by atoms with van der Waals surface area (Å²) in [6, 6.07) is 0. The number of allylic oxidation sites excluding steroid dienone is 10. The third-order valence-corrected chi connectivity index (χ3v) is 8.51. The van der Waals surface area contributed by atoms with Gasteiger partial charge >= 0.3 is 19.8 Å². The topological polar surface area (TPSA) is 119 Å². The van der Waals surface area contributed by atoms with E-state index in [0.717, 1.165) is 64.2 Å². The fraction of sp³-hybridized carbons (Fsp3) is 0.707. The van der Waals surface area contributed by atoms with Crippen LogP contribution in [0.3, 0.4) is 0 Å². The number of carbonyl (C=O) groups excluding carboxylic acids is 2. The minimum atomic E-state index is -4.77. The first-order valence-corrected chi connectivity index (χ1v) is 21.1. The summed E-state index contributed by atoms with van der Waals surface area (Å²) in [5, 5.41) is 0. The molecule has 0 aliphatic heterocycles. The normalized spacial score (nSPS) is 13.1. The first-order valence-electron chi connectivity index (χ1n) is 19.6. The second-order valence-electron chi connectivity index (χ2n) is 12.9. The van der Waals surface area contributed by atoms with Gasteiger partial charge in [-0.3, -0.25) is 14.1 Å². The van der Waals surface area contributed by atoms with Crippen molar-refractivity contribution in [3.8, 4) is 0 Å². The van der Waals surface area contributed by atoms with Crippen LogP contribution < -0.4 is 0 Å². The zero-order chi connectivity index (χ0) is 36.8. The molecule has 288 valence electrons. The van der Waals surface area contributed by atoms with Crippen LogP contribution in [-0.4, -0.2) is 41.0 Å². The average Bonchev–Trinajstić information content (AvgIpc) is 3.08. The number of hydrogen-bond donors (Lipinski definition) is 2. The van der Waals surface area contributed by atoms with Crippen molar-refractivity contribution >= 4 is 19.8 Å². The summed E-state index contributed by atoms with van der Waals surface area (Å²) in [6.45, 7) is 3.52. The molecule has 0 saturated heterocycles. The predicted molar refractivity (Wildman–Crippen MR) is 207 cm³/mol. The molecule has 9 heteroatoms. The third kappa shape index (κ3) is 38.6. The molecule has 0 amide bonds. The van der Waals surface area contributed by atoms with Crippen molar-refractivity contribution in [3.05, 3.63) is 60.8 Å². The van der Waals surface area contributed by atoms with Crippen molar-refractivity contribution in [3.63, 3.8) is 0 Å². The summed E-state index contributed by atoms with van der Waals surface area (Å²) in [5.41, 5.74) is 0. The lowest BCUT2D eigenvalue weighted by Gasteiger charge is -2.18. The number of ether oxygens (including phenoxy) is 2. The van der Waals surface area contributed by atoms with Gasteiger partial charge in [0, 0.05) is 12.8 Å². The SMILES string of the molecule is CC/C=C/C/C=C/C/C=C/C/C=C/CCCCC(=O)O[C@H](COC(=O)CCCCCCCCC/C=C/CCCCCCCC)COP(=O)(O)O. The average molecular weight is 723 g/mol.